The highest BCUT2D eigenvalue weighted by molar-refractivity contribution is 6.22. The van der Waals surface area contributed by atoms with Crippen LogP contribution < -0.4 is 0 Å². The molecule has 0 aliphatic carbocycles. The zero-order valence-electron chi connectivity index (χ0n) is 24.9. The van der Waals surface area contributed by atoms with Crippen molar-refractivity contribution in [3.63, 3.8) is 0 Å². The number of hydrogen-bond acceptors (Lipinski definition) is 2. The SMILES string of the molecule is Oc1ccc(-c2ccc3oc4ccc(-c5c6ccccc6c(-c6ccc(-c7ccccc7)cc6)c6ccccc56)cc4c3c2)cc1. The lowest BCUT2D eigenvalue weighted by Gasteiger charge is -2.18. The second-order valence-corrected chi connectivity index (χ2v) is 11.9. The minimum Gasteiger partial charge on any atom is -0.508 e. The first kappa shape index (κ1) is 26.3. The van der Waals surface area contributed by atoms with E-state index in [1.807, 2.05) is 18.2 Å². The van der Waals surface area contributed by atoms with Crippen LogP contribution in [0.25, 0.3) is 88.0 Å². The molecular weight excluding hydrogens is 560 g/mol. The van der Waals surface area contributed by atoms with Gasteiger partial charge in [-0.1, -0.05) is 127 Å². The molecule has 2 nitrogen and oxygen atoms in total. The zero-order valence-corrected chi connectivity index (χ0v) is 24.9. The lowest BCUT2D eigenvalue weighted by atomic mass is 9.85. The smallest absolute Gasteiger partial charge is 0.135 e. The number of aromatic hydroxyl groups is 1. The molecule has 9 rings (SSSR count). The molecular formula is C44H28O2. The molecule has 46 heavy (non-hydrogen) atoms. The molecule has 0 amide bonds. The second-order valence-electron chi connectivity index (χ2n) is 11.9. The average molecular weight is 589 g/mol. The quantitative estimate of drug-likeness (QED) is 0.208. The van der Waals surface area contributed by atoms with Crippen LogP contribution in [0.5, 0.6) is 5.75 Å². The van der Waals surface area contributed by atoms with E-state index in [9.17, 15) is 5.11 Å². The Balaban J connectivity index is 1.25. The molecule has 0 spiro atoms. The van der Waals surface area contributed by atoms with Gasteiger partial charge >= 0.3 is 0 Å². The monoisotopic (exact) mass is 588 g/mol. The lowest BCUT2D eigenvalue weighted by molar-refractivity contribution is 0.475. The topological polar surface area (TPSA) is 33.4 Å². The summed E-state index contributed by atoms with van der Waals surface area (Å²) in [5, 5.41) is 16.9. The predicted molar refractivity (Wildman–Crippen MR) is 192 cm³/mol. The van der Waals surface area contributed by atoms with Crippen LogP contribution in [0.1, 0.15) is 0 Å². The van der Waals surface area contributed by atoms with E-state index in [1.54, 1.807) is 12.1 Å². The van der Waals surface area contributed by atoms with Crippen molar-refractivity contribution in [3.05, 3.63) is 164 Å². The Labute approximate surface area is 266 Å². The molecule has 9 aromatic rings. The van der Waals surface area contributed by atoms with Crippen molar-refractivity contribution in [1.82, 2.24) is 0 Å². The molecule has 1 heterocycles. The Morgan fingerprint density at radius 2 is 0.696 bits per heavy atom. The van der Waals surface area contributed by atoms with E-state index in [-0.39, 0.29) is 5.75 Å². The summed E-state index contributed by atoms with van der Waals surface area (Å²) in [4.78, 5) is 0. The molecule has 0 saturated carbocycles. The van der Waals surface area contributed by atoms with Crippen molar-refractivity contribution in [2.45, 2.75) is 0 Å². The van der Waals surface area contributed by atoms with Gasteiger partial charge in [0.1, 0.15) is 16.9 Å². The summed E-state index contributed by atoms with van der Waals surface area (Å²) in [5.41, 5.74) is 11.1. The summed E-state index contributed by atoms with van der Waals surface area (Å²) in [6.07, 6.45) is 0. The molecule has 0 saturated heterocycles. The van der Waals surface area contributed by atoms with E-state index in [0.29, 0.717) is 0 Å². The van der Waals surface area contributed by atoms with Crippen LogP contribution in [-0.4, -0.2) is 5.11 Å². The predicted octanol–water partition coefficient (Wildman–Crippen LogP) is 12.3. The average Bonchev–Trinajstić information content (AvgIpc) is 3.48. The van der Waals surface area contributed by atoms with Gasteiger partial charge in [0.15, 0.2) is 0 Å². The third-order valence-electron chi connectivity index (χ3n) is 9.17. The van der Waals surface area contributed by atoms with Crippen molar-refractivity contribution in [3.8, 4) is 50.3 Å². The molecule has 0 bridgehead atoms. The number of phenolic OH excluding ortho intramolecular Hbond substituents is 1. The van der Waals surface area contributed by atoms with E-state index in [2.05, 4.69) is 133 Å². The molecule has 0 radical (unpaired) electrons. The van der Waals surface area contributed by atoms with Crippen molar-refractivity contribution < 1.29 is 9.52 Å². The Morgan fingerprint density at radius 3 is 1.28 bits per heavy atom. The number of rotatable bonds is 4. The first-order valence-electron chi connectivity index (χ1n) is 15.6. The van der Waals surface area contributed by atoms with Crippen LogP contribution >= 0.6 is 0 Å². The number of benzene rings is 8. The molecule has 0 aliphatic heterocycles. The fourth-order valence-corrected chi connectivity index (χ4v) is 6.98. The Hall–Kier alpha value is -6.12. The molecule has 0 unspecified atom stereocenters. The van der Waals surface area contributed by atoms with Gasteiger partial charge in [-0.15, -0.1) is 0 Å². The van der Waals surface area contributed by atoms with Gasteiger partial charge in [0.05, 0.1) is 0 Å². The summed E-state index contributed by atoms with van der Waals surface area (Å²) in [5.74, 6) is 0.262. The third kappa shape index (κ3) is 4.27. The highest BCUT2D eigenvalue weighted by Crippen LogP contribution is 2.45. The van der Waals surface area contributed by atoms with Gasteiger partial charge in [-0.3, -0.25) is 0 Å². The number of furan rings is 1. The maximum atomic E-state index is 9.79. The normalized spacial score (nSPS) is 11.6. The molecule has 216 valence electrons. The number of hydrogen-bond donors (Lipinski definition) is 1. The summed E-state index contributed by atoms with van der Waals surface area (Å²) in [6, 6.07) is 57.3. The largest absolute Gasteiger partial charge is 0.508 e. The van der Waals surface area contributed by atoms with Gasteiger partial charge in [-0.05, 0) is 102 Å². The van der Waals surface area contributed by atoms with E-state index in [1.165, 1.54) is 49.4 Å². The van der Waals surface area contributed by atoms with Crippen LogP contribution in [0.4, 0.5) is 0 Å². The van der Waals surface area contributed by atoms with E-state index in [4.69, 9.17) is 4.42 Å². The summed E-state index contributed by atoms with van der Waals surface area (Å²) < 4.78 is 6.31. The summed E-state index contributed by atoms with van der Waals surface area (Å²) in [6.45, 7) is 0. The van der Waals surface area contributed by atoms with Crippen LogP contribution in [0.15, 0.2) is 168 Å². The number of phenols is 1. The maximum absolute atomic E-state index is 9.79. The first-order chi connectivity index (χ1) is 22.7. The highest BCUT2D eigenvalue weighted by atomic mass is 16.3. The minimum atomic E-state index is 0.262. The van der Waals surface area contributed by atoms with E-state index < -0.39 is 0 Å². The van der Waals surface area contributed by atoms with Crippen molar-refractivity contribution in [2.24, 2.45) is 0 Å². The molecule has 1 N–H and O–H groups in total. The molecule has 0 fully saturated rings. The Bertz CT molecular complexity index is 2500. The van der Waals surface area contributed by atoms with Gasteiger partial charge in [0.2, 0.25) is 0 Å². The fourth-order valence-electron chi connectivity index (χ4n) is 6.98. The Kier molecular flexibility index (Phi) is 6.00. The van der Waals surface area contributed by atoms with Gasteiger partial charge in [-0.2, -0.15) is 0 Å². The van der Waals surface area contributed by atoms with Gasteiger partial charge < -0.3 is 9.52 Å². The van der Waals surface area contributed by atoms with Crippen LogP contribution in [0.2, 0.25) is 0 Å². The van der Waals surface area contributed by atoms with E-state index >= 15 is 0 Å². The molecule has 0 atom stereocenters. The van der Waals surface area contributed by atoms with Crippen molar-refractivity contribution >= 4 is 43.5 Å². The van der Waals surface area contributed by atoms with Crippen molar-refractivity contribution in [1.29, 1.82) is 0 Å². The molecule has 1 aromatic heterocycles. The van der Waals surface area contributed by atoms with Gasteiger partial charge in [0.25, 0.3) is 0 Å². The molecule has 8 aromatic carbocycles. The zero-order chi connectivity index (χ0) is 30.6. The minimum absolute atomic E-state index is 0.262. The lowest BCUT2D eigenvalue weighted by Crippen LogP contribution is -1.91. The maximum Gasteiger partial charge on any atom is 0.135 e. The summed E-state index contributed by atoms with van der Waals surface area (Å²) >= 11 is 0. The second kappa shape index (κ2) is 10.5. The van der Waals surface area contributed by atoms with Crippen LogP contribution in [0.3, 0.4) is 0 Å². The molecule has 0 aliphatic rings. The van der Waals surface area contributed by atoms with Crippen molar-refractivity contribution in [2.75, 3.05) is 0 Å². The molecule has 2 heteroatoms. The third-order valence-corrected chi connectivity index (χ3v) is 9.17. The Morgan fingerprint density at radius 1 is 0.304 bits per heavy atom. The van der Waals surface area contributed by atoms with E-state index in [0.717, 1.165) is 38.6 Å². The first-order valence-corrected chi connectivity index (χ1v) is 15.6. The van der Waals surface area contributed by atoms with Crippen LogP contribution in [0, 0.1) is 0 Å². The standard InChI is InChI=1S/C44H28O2/c45-34-22-18-30(19-23-34)32-20-24-41-39(26-32)40-27-33(21-25-42(40)46-41)44-37-12-6-4-10-35(37)43(36-11-5-7-13-38(36)44)31-16-14-29(15-17-31)28-8-2-1-3-9-28/h1-27,45H. The van der Waals surface area contributed by atoms with Gasteiger partial charge in [-0.25, -0.2) is 0 Å². The van der Waals surface area contributed by atoms with Crippen LogP contribution in [-0.2, 0) is 0 Å². The van der Waals surface area contributed by atoms with Gasteiger partial charge in [0, 0.05) is 10.8 Å². The number of fused-ring (bicyclic) bond motifs is 5. The highest BCUT2D eigenvalue weighted by Gasteiger charge is 2.18. The summed E-state index contributed by atoms with van der Waals surface area (Å²) in [7, 11) is 0. The fraction of sp³-hybridized carbons (Fsp3) is 0.